The molecule has 1 aliphatic heterocycles. The highest BCUT2D eigenvalue weighted by molar-refractivity contribution is 14.0. The molecule has 0 aromatic carbocycles. The van der Waals surface area contributed by atoms with Crippen LogP contribution in [0.3, 0.4) is 0 Å². The Bertz CT molecular complexity index is 265. The largest absolute Gasteiger partial charge is 0.357 e. The molecular formula is C17H37IN4. The molecule has 22 heavy (non-hydrogen) atoms. The Labute approximate surface area is 154 Å². The lowest BCUT2D eigenvalue weighted by Crippen LogP contribution is -2.37. The number of halogens is 1. The van der Waals surface area contributed by atoms with E-state index in [9.17, 15) is 0 Å². The van der Waals surface area contributed by atoms with Crippen molar-refractivity contribution in [2.45, 2.75) is 65.2 Å². The summed E-state index contributed by atoms with van der Waals surface area (Å²) >= 11 is 0. The molecule has 0 saturated carbocycles. The average Bonchev–Trinajstić information content (AvgIpc) is 2.52. The van der Waals surface area contributed by atoms with Gasteiger partial charge in [0.15, 0.2) is 5.96 Å². The first-order chi connectivity index (χ1) is 10.4. The van der Waals surface area contributed by atoms with Crippen LogP contribution in [-0.2, 0) is 0 Å². The number of guanidine groups is 1. The highest BCUT2D eigenvalue weighted by Gasteiger charge is 2.08. The fraction of sp³-hybridized carbons (Fsp3) is 0.941. The first-order valence-corrected chi connectivity index (χ1v) is 9.11. The second-order valence-corrected chi connectivity index (χ2v) is 6.00. The molecule has 2 N–H and O–H groups in total. The number of unbranched alkanes of at least 4 members (excludes halogenated alkanes) is 3. The van der Waals surface area contributed by atoms with Gasteiger partial charge in [0.1, 0.15) is 0 Å². The van der Waals surface area contributed by atoms with Gasteiger partial charge >= 0.3 is 0 Å². The van der Waals surface area contributed by atoms with Crippen molar-refractivity contribution in [2.75, 3.05) is 39.3 Å². The lowest BCUT2D eigenvalue weighted by molar-refractivity contribution is 0.224. The normalized spacial score (nSPS) is 16.2. The first kappa shape index (κ1) is 22.0. The maximum Gasteiger partial charge on any atom is 0.191 e. The number of piperidine rings is 1. The molecule has 0 aromatic heterocycles. The van der Waals surface area contributed by atoms with E-state index in [4.69, 9.17) is 0 Å². The van der Waals surface area contributed by atoms with Gasteiger partial charge in [0.2, 0.25) is 0 Å². The maximum absolute atomic E-state index is 4.65. The summed E-state index contributed by atoms with van der Waals surface area (Å²) in [5, 5.41) is 6.71. The summed E-state index contributed by atoms with van der Waals surface area (Å²) in [6.45, 7) is 11.2. The Balaban J connectivity index is 0.00000441. The third-order valence-corrected chi connectivity index (χ3v) is 4.02. The quantitative estimate of drug-likeness (QED) is 0.244. The van der Waals surface area contributed by atoms with Crippen LogP contribution in [0.1, 0.15) is 65.2 Å². The second kappa shape index (κ2) is 15.8. The molecule has 1 fully saturated rings. The van der Waals surface area contributed by atoms with Crippen molar-refractivity contribution in [3.05, 3.63) is 0 Å². The van der Waals surface area contributed by atoms with Crippen LogP contribution in [-0.4, -0.2) is 50.1 Å². The number of nitrogens with zero attached hydrogens (tertiary/aromatic N) is 2. The van der Waals surface area contributed by atoms with E-state index in [0.717, 1.165) is 25.6 Å². The molecule has 1 saturated heterocycles. The van der Waals surface area contributed by atoms with Gasteiger partial charge in [-0.15, -0.1) is 24.0 Å². The highest BCUT2D eigenvalue weighted by Crippen LogP contribution is 2.09. The third kappa shape index (κ3) is 11.5. The van der Waals surface area contributed by atoms with E-state index in [2.05, 4.69) is 34.4 Å². The fourth-order valence-electron chi connectivity index (χ4n) is 2.72. The number of nitrogens with one attached hydrogen (secondary N) is 2. The molecule has 0 spiro atoms. The van der Waals surface area contributed by atoms with Crippen molar-refractivity contribution in [2.24, 2.45) is 4.99 Å². The summed E-state index contributed by atoms with van der Waals surface area (Å²) in [5.41, 5.74) is 0. The Morgan fingerprint density at radius 2 is 1.73 bits per heavy atom. The zero-order valence-electron chi connectivity index (χ0n) is 14.7. The highest BCUT2D eigenvalue weighted by atomic mass is 127. The lowest BCUT2D eigenvalue weighted by Gasteiger charge is -2.26. The molecule has 0 unspecified atom stereocenters. The minimum Gasteiger partial charge on any atom is -0.357 e. The summed E-state index contributed by atoms with van der Waals surface area (Å²) in [5.74, 6) is 0.988. The van der Waals surface area contributed by atoms with Crippen LogP contribution in [0.2, 0.25) is 0 Å². The van der Waals surface area contributed by atoms with Crippen molar-refractivity contribution in [1.29, 1.82) is 0 Å². The molecule has 0 aliphatic carbocycles. The van der Waals surface area contributed by atoms with Gasteiger partial charge in [-0.3, -0.25) is 4.99 Å². The second-order valence-electron chi connectivity index (χ2n) is 6.00. The zero-order chi connectivity index (χ0) is 15.2. The number of rotatable bonds is 10. The van der Waals surface area contributed by atoms with Gasteiger partial charge in [-0.1, -0.05) is 26.2 Å². The minimum atomic E-state index is 0. The molecule has 4 nitrogen and oxygen atoms in total. The fourth-order valence-corrected chi connectivity index (χ4v) is 2.72. The summed E-state index contributed by atoms with van der Waals surface area (Å²) in [6.07, 6.45) is 10.5. The minimum absolute atomic E-state index is 0. The van der Waals surface area contributed by atoms with Crippen LogP contribution in [0.25, 0.3) is 0 Å². The van der Waals surface area contributed by atoms with Gasteiger partial charge in [-0.25, -0.2) is 0 Å². The Kier molecular flexibility index (Phi) is 15.8. The van der Waals surface area contributed by atoms with Crippen LogP contribution < -0.4 is 10.6 Å². The van der Waals surface area contributed by atoms with E-state index >= 15 is 0 Å². The standard InChI is InChI=1S/C17H36N4.HI/c1-3-5-12-19-17(18-4-2)20-13-8-6-9-14-21-15-10-7-11-16-21;/h3-16H2,1-2H3,(H2,18,19,20);1H. The van der Waals surface area contributed by atoms with Gasteiger partial charge in [-0.2, -0.15) is 0 Å². The Hall–Kier alpha value is -0.0400. The number of likely N-dealkylation sites (tertiary alicyclic amines) is 1. The number of hydrogen-bond acceptors (Lipinski definition) is 2. The van der Waals surface area contributed by atoms with E-state index in [-0.39, 0.29) is 24.0 Å². The molecule has 5 heteroatoms. The number of aliphatic imine (C=N–C) groups is 1. The molecule has 0 bridgehead atoms. The topological polar surface area (TPSA) is 39.7 Å². The van der Waals surface area contributed by atoms with E-state index in [1.54, 1.807) is 0 Å². The molecule has 1 rings (SSSR count). The monoisotopic (exact) mass is 424 g/mol. The molecule has 1 heterocycles. The molecule has 0 aromatic rings. The Morgan fingerprint density at radius 1 is 0.955 bits per heavy atom. The maximum atomic E-state index is 4.65. The van der Waals surface area contributed by atoms with Crippen LogP contribution in [0, 0.1) is 0 Å². The van der Waals surface area contributed by atoms with Crippen LogP contribution in [0.4, 0.5) is 0 Å². The predicted molar refractivity (Wildman–Crippen MR) is 108 cm³/mol. The summed E-state index contributed by atoms with van der Waals surface area (Å²) < 4.78 is 0. The lowest BCUT2D eigenvalue weighted by atomic mass is 10.1. The molecule has 1 aliphatic rings. The third-order valence-electron chi connectivity index (χ3n) is 4.02. The van der Waals surface area contributed by atoms with Crippen molar-refractivity contribution in [3.63, 3.8) is 0 Å². The predicted octanol–water partition coefficient (Wildman–Crippen LogP) is 3.62. The average molecular weight is 424 g/mol. The Morgan fingerprint density at radius 3 is 2.41 bits per heavy atom. The van der Waals surface area contributed by atoms with E-state index in [1.807, 2.05) is 0 Å². The molecule has 0 amide bonds. The molecule has 132 valence electrons. The summed E-state index contributed by atoms with van der Waals surface area (Å²) in [4.78, 5) is 7.28. The van der Waals surface area contributed by atoms with Crippen molar-refractivity contribution < 1.29 is 0 Å². The van der Waals surface area contributed by atoms with Gasteiger partial charge in [0.25, 0.3) is 0 Å². The first-order valence-electron chi connectivity index (χ1n) is 9.11. The molecule has 0 radical (unpaired) electrons. The zero-order valence-corrected chi connectivity index (χ0v) is 17.0. The van der Waals surface area contributed by atoms with Crippen LogP contribution in [0.15, 0.2) is 4.99 Å². The van der Waals surface area contributed by atoms with Crippen molar-refractivity contribution >= 4 is 29.9 Å². The summed E-state index contributed by atoms with van der Waals surface area (Å²) in [7, 11) is 0. The SMILES string of the molecule is CCCCNC(=NCCCCCN1CCCCC1)NCC.I. The van der Waals surface area contributed by atoms with Crippen molar-refractivity contribution in [1.82, 2.24) is 15.5 Å². The van der Waals surface area contributed by atoms with Crippen molar-refractivity contribution in [3.8, 4) is 0 Å². The summed E-state index contributed by atoms with van der Waals surface area (Å²) in [6, 6.07) is 0. The molecular weight excluding hydrogens is 387 g/mol. The number of hydrogen-bond donors (Lipinski definition) is 2. The van der Waals surface area contributed by atoms with E-state index < -0.39 is 0 Å². The van der Waals surface area contributed by atoms with Gasteiger partial charge in [0.05, 0.1) is 0 Å². The smallest absolute Gasteiger partial charge is 0.191 e. The van der Waals surface area contributed by atoms with Crippen LogP contribution in [0.5, 0.6) is 0 Å². The van der Waals surface area contributed by atoms with E-state index in [0.29, 0.717) is 0 Å². The van der Waals surface area contributed by atoms with E-state index in [1.165, 1.54) is 71.0 Å². The molecule has 0 atom stereocenters. The van der Waals surface area contributed by atoms with Gasteiger partial charge in [-0.05, 0) is 58.7 Å². The van der Waals surface area contributed by atoms with Gasteiger partial charge in [0, 0.05) is 19.6 Å². The van der Waals surface area contributed by atoms with Crippen LogP contribution >= 0.6 is 24.0 Å². The van der Waals surface area contributed by atoms with Gasteiger partial charge < -0.3 is 15.5 Å².